The molecule has 0 atom stereocenters. The topological polar surface area (TPSA) is 49.0 Å². The molecule has 2 heterocycles. The maximum atomic E-state index is 13.5. The maximum Gasteiger partial charge on any atom is 0.266 e. The highest BCUT2D eigenvalue weighted by Gasteiger charge is 2.14. The highest BCUT2D eigenvalue weighted by Crippen LogP contribution is 2.25. The van der Waals surface area contributed by atoms with Crippen molar-refractivity contribution in [2.75, 3.05) is 7.11 Å². The van der Waals surface area contributed by atoms with Gasteiger partial charge < -0.3 is 9.30 Å². The van der Waals surface area contributed by atoms with Gasteiger partial charge in [0.2, 0.25) is 0 Å². The molecule has 0 saturated carbocycles. The van der Waals surface area contributed by atoms with Crippen molar-refractivity contribution in [3.63, 3.8) is 0 Å². The molecule has 0 radical (unpaired) electrons. The van der Waals surface area contributed by atoms with Crippen LogP contribution in [0.4, 0.5) is 0 Å². The summed E-state index contributed by atoms with van der Waals surface area (Å²) < 4.78 is 9.24. The molecule has 31 heavy (non-hydrogen) atoms. The number of para-hydroxylation sites is 4. The molecule has 5 rings (SSSR count). The largest absolute Gasteiger partial charge is 0.495 e. The highest BCUT2D eigenvalue weighted by atomic mass is 16.5. The van der Waals surface area contributed by atoms with Crippen LogP contribution in [0.3, 0.4) is 0 Å². The fourth-order valence-corrected chi connectivity index (χ4v) is 3.98. The zero-order valence-electron chi connectivity index (χ0n) is 17.3. The molecule has 0 aliphatic carbocycles. The highest BCUT2D eigenvalue weighted by molar-refractivity contribution is 5.92. The minimum atomic E-state index is -0.132. The van der Waals surface area contributed by atoms with Crippen molar-refractivity contribution in [3.8, 4) is 11.4 Å². The average Bonchev–Trinajstić information content (AvgIpc) is 3.13. The molecular weight excluding hydrogens is 386 g/mol. The Balaban J connectivity index is 1.76. The summed E-state index contributed by atoms with van der Waals surface area (Å²) in [6.45, 7) is 0. The normalized spacial score (nSPS) is 11.5. The number of nitrogens with zero attached hydrogens (tertiary/aromatic N) is 3. The molecule has 5 heteroatoms. The zero-order chi connectivity index (χ0) is 21.4. The second kappa shape index (κ2) is 7.61. The van der Waals surface area contributed by atoms with E-state index in [4.69, 9.17) is 9.72 Å². The lowest BCUT2D eigenvalue weighted by atomic mass is 10.1. The lowest BCUT2D eigenvalue weighted by molar-refractivity contribution is 0.412. The first kappa shape index (κ1) is 18.9. The van der Waals surface area contributed by atoms with Crippen molar-refractivity contribution < 1.29 is 4.74 Å². The molecule has 0 saturated heterocycles. The first-order valence-electron chi connectivity index (χ1n) is 10.0. The quantitative estimate of drug-likeness (QED) is 0.419. The molecule has 0 unspecified atom stereocenters. The molecule has 0 N–H and O–H groups in total. The van der Waals surface area contributed by atoms with Crippen LogP contribution in [0.5, 0.6) is 5.75 Å². The van der Waals surface area contributed by atoms with E-state index in [1.807, 2.05) is 73.8 Å². The lowest BCUT2D eigenvalue weighted by Gasteiger charge is -2.14. The number of ether oxygens (including phenoxy) is 1. The van der Waals surface area contributed by atoms with Gasteiger partial charge in [-0.3, -0.25) is 9.36 Å². The van der Waals surface area contributed by atoms with Crippen LogP contribution in [0, 0.1) is 0 Å². The summed E-state index contributed by atoms with van der Waals surface area (Å²) in [6, 6.07) is 23.1. The van der Waals surface area contributed by atoms with Gasteiger partial charge in [0, 0.05) is 29.7 Å². The Morgan fingerprint density at radius 2 is 1.58 bits per heavy atom. The Morgan fingerprint density at radius 3 is 2.42 bits per heavy atom. The van der Waals surface area contributed by atoms with Gasteiger partial charge in [0.15, 0.2) is 0 Å². The van der Waals surface area contributed by atoms with E-state index in [1.165, 1.54) is 0 Å². The van der Waals surface area contributed by atoms with E-state index in [1.54, 1.807) is 17.7 Å². The number of aromatic nitrogens is 3. The lowest BCUT2D eigenvalue weighted by Crippen LogP contribution is -2.22. The molecule has 0 fully saturated rings. The Hall–Kier alpha value is -4.12. The van der Waals surface area contributed by atoms with Crippen LogP contribution >= 0.6 is 0 Å². The van der Waals surface area contributed by atoms with E-state index in [0.29, 0.717) is 28.2 Å². The average molecular weight is 407 g/mol. The van der Waals surface area contributed by atoms with Crippen LogP contribution in [-0.4, -0.2) is 21.2 Å². The van der Waals surface area contributed by atoms with Crippen molar-refractivity contribution in [3.05, 3.63) is 101 Å². The standard InChI is InChI=1S/C26H21N3O2/c1-28-17-18(19-9-4-6-12-22(19)28)15-16-25-27-21-11-5-3-10-20(21)26(30)29(25)23-13-7-8-14-24(23)31-2/h3-17H,1-2H3/b16-15+. The third-order valence-electron chi connectivity index (χ3n) is 5.47. The van der Waals surface area contributed by atoms with Gasteiger partial charge in [0.25, 0.3) is 5.56 Å². The van der Waals surface area contributed by atoms with E-state index < -0.39 is 0 Å². The Kier molecular flexibility index (Phi) is 4.64. The smallest absolute Gasteiger partial charge is 0.266 e. The van der Waals surface area contributed by atoms with Gasteiger partial charge in [-0.05, 0) is 42.5 Å². The van der Waals surface area contributed by atoms with Gasteiger partial charge in [0.1, 0.15) is 11.6 Å². The van der Waals surface area contributed by atoms with Crippen LogP contribution in [0.1, 0.15) is 11.4 Å². The van der Waals surface area contributed by atoms with Crippen molar-refractivity contribution in [2.24, 2.45) is 7.05 Å². The molecule has 152 valence electrons. The second-order valence-corrected chi connectivity index (χ2v) is 7.35. The van der Waals surface area contributed by atoms with E-state index >= 15 is 0 Å². The summed E-state index contributed by atoms with van der Waals surface area (Å²) >= 11 is 0. The van der Waals surface area contributed by atoms with Crippen molar-refractivity contribution in [1.82, 2.24) is 14.1 Å². The summed E-state index contributed by atoms with van der Waals surface area (Å²) in [5.41, 5.74) is 3.40. The van der Waals surface area contributed by atoms with Gasteiger partial charge in [-0.1, -0.05) is 42.5 Å². The van der Waals surface area contributed by atoms with Crippen LogP contribution in [0.2, 0.25) is 0 Å². The monoisotopic (exact) mass is 407 g/mol. The molecule has 0 aliphatic rings. The number of rotatable bonds is 4. The summed E-state index contributed by atoms with van der Waals surface area (Å²) in [5, 5.41) is 1.71. The van der Waals surface area contributed by atoms with Crippen LogP contribution in [-0.2, 0) is 7.05 Å². The molecule has 5 aromatic rings. The second-order valence-electron chi connectivity index (χ2n) is 7.35. The first-order valence-corrected chi connectivity index (χ1v) is 10.0. The van der Waals surface area contributed by atoms with Crippen LogP contribution in [0.25, 0.3) is 39.6 Å². The van der Waals surface area contributed by atoms with E-state index in [2.05, 4.69) is 22.9 Å². The van der Waals surface area contributed by atoms with Crippen LogP contribution < -0.4 is 10.3 Å². The number of fused-ring (bicyclic) bond motifs is 2. The number of methoxy groups -OCH3 is 1. The third kappa shape index (κ3) is 3.20. The van der Waals surface area contributed by atoms with Gasteiger partial charge in [0.05, 0.1) is 23.7 Å². The Bertz CT molecular complexity index is 1510. The SMILES string of the molecule is COc1ccccc1-n1c(/C=C/c2cn(C)c3ccccc23)nc2ccccc2c1=O. The number of hydrogen-bond donors (Lipinski definition) is 0. The fourth-order valence-electron chi connectivity index (χ4n) is 3.98. The minimum absolute atomic E-state index is 0.132. The van der Waals surface area contributed by atoms with E-state index in [-0.39, 0.29) is 5.56 Å². The molecule has 2 aromatic heterocycles. The van der Waals surface area contributed by atoms with Gasteiger partial charge in [-0.25, -0.2) is 4.98 Å². The number of benzene rings is 3. The Labute approximate surface area is 179 Å². The number of hydrogen-bond acceptors (Lipinski definition) is 3. The summed E-state index contributed by atoms with van der Waals surface area (Å²) in [5.74, 6) is 1.16. The van der Waals surface area contributed by atoms with Crippen molar-refractivity contribution >= 4 is 34.0 Å². The third-order valence-corrected chi connectivity index (χ3v) is 5.47. The summed E-state index contributed by atoms with van der Waals surface area (Å²) in [7, 11) is 3.63. The van der Waals surface area contributed by atoms with Crippen molar-refractivity contribution in [2.45, 2.75) is 0 Å². The molecular formula is C26H21N3O2. The zero-order valence-corrected chi connectivity index (χ0v) is 17.3. The Morgan fingerprint density at radius 1 is 0.871 bits per heavy atom. The molecule has 0 aliphatic heterocycles. The van der Waals surface area contributed by atoms with E-state index in [9.17, 15) is 4.79 Å². The molecule has 3 aromatic carbocycles. The first-order chi connectivity index (χ1) is 15.2. The van der Waals surface area contributed by atoms with E-state index in [0.717, 1.165) is 16.5 Å². The predicted octanol–water partition coefficient (Wildman–Crippen LogP) is 5.06. The van der Waals surface area contributed by atoms with Gasteiger partial charge >= 0.3 is 0 Å². The van der Waals surface area contributed by atoms with Crippen molar-refractivity contribution in [1.29, 1.82) is 0 Å². The predicted molar refractivity (Wildman–Crippen MR) is 126 cm³/mol. The molecule has 0 spiro atoms. The molecule has 0 bridgehead atoms. The molecule has 0 amide bonds. The minimum Gasteiger partial charge on any atom is -0.495 e. The number of aryl methyl sites for hydroxylation is 1. The maximum absolute atomic E-state index is 13.5. The summed E-state index contributed by atoms with van der Waals surface area (Å²) in [4.78, 5) is 18.3. The summed E-state index contributed by atoms with van der Waals surface area (Å²) in [6.07, 6.45) is 5.97. The molecule has 5 nitrogen and oxygen atoms in total. The van der Waals surface area contributed by atoms with Gasteiger partial charge in [-0.15, -0.1) is 0 Å². The van der Waals surface area contributed by atoms with Gasteiger partial charge in [-0.2, -0.15) is 0 Å². The van der Waals surface area contributed by atoms with Crippen LogP contribution in [0.15, 0.2) is 83.8 Å². The fraction of sp³-hybridized carbons (Fsp3) is 0.0769.